The molecule has 9 heteroatoms. The zero-order chi connectivity index (χ0) is 31.6. The van der Waals surface area contributed by atoms with Crippen molar-refractivity contribution < 1.29 is 44.2 Å². The van der Waals surface area contributed by atoms with Gasteiger partial charge in [0.15, 0.2) is 6.10 Å². The first kappa shape index (κ1) is 33.1. The number of carbonyl (C=O) groups excluding carboxylic acids is 2. The Morgan fingerprint density at radius 3 is 2.40 bits per heavy atom. The normalized spacial score (nSPS) is 44.3. The van der Waals surface area contributed by atoms with Gasteiger partial charge in [0, 0.05) is 17.8 Å². The summed E-state index contributed by atoms with van der Waals surface area (Å²) in [6.45, 7) is 16.9. The molecule has 1 aliphatic heterocycles. The maximum atomic E-state index is 12.3. The third-order valence-corrected chi connectivity index (χ3v) is 12.0. The predicted molar refractivity (Wildman–Crippen MR) is 156 cm³/mol. The lowest BCUT2D eigenvalue weighted by atomic mass is 9.40. The van der Waals surface area contributed by atoms with Gasteiger partial charge in [0.05, 0.1) is 32.3 Å². The van der Waals surface area contributed by atoms with Crippen molar-refractivity contribution in [2.75, 3.05) is 13.7 Å². The Hall–Kier alpha value is -1.78. The Morgan fingerprint density at radius 1 is 1.21 bits per heavy atom. The minimum absolute atomic E-state index is 0.0731. The molecule has 2 saturated carbocycles. The highest BCUT2D eigenvalue weighted by molar-refractivity contribution is 5.70. The summed E-state index contributed by atoms with van der Waals surface area (Å²) in [5, 5.41) is 45.5. The van der Waals surface area contributed by atoms with Crippen molar-refractivity contribution in [3.63, 3.8) is 0 Å². The molecule has 9 nitrogen and oxygen atoms in total. The lowest BCUT2D eigenvalue weighted by Crippen LogP contribution is -2.65. The van der Waals surface area contributed by atoms with Crippen LogP contribution in [0.4, 0.5) is 0 Å². The molecule has 3 fully saturated rings. The van der Waals surface area contributed by atoms with Crippen molar-refractivity contribution in [3.05, 3.63) is 23.8 Å². The molecule has 1 saturated heterocycles. The summed E-state index contributed by atoms with van der Waals surface area (Å²) in [5.41, 5.74) is -1.30. The van der Waals surface area contributed by atoms with Gasteiger partial charge >= 0.3 is 11.9 Å². The van der Waals surface area contributed by atoms with Gasteiger partial charge in [-0.2, -0.15) is 0 Å². The molecule has 1 unspecified atom stereocenters. The van der Waals surface area contributed by atoms with Crippen LogP contribution in [0.5, 0.6) is 0 Å². The van der Waals surface area contributed by atoms with Crippen LogP contribution in [0, 0.1) is 39.9 Å². The van der Waals surface area contributed by atoms with Gasteiger partial charge < -0.3 is 34.6 Å². The molecule has 0 bridgehead atoms. The minimum atomic E-state index is -2.04. The lowest BCUT2D eigenvalue weighted by molar-refractivity contribution is -0.354. The number of rotatable bonds is 7. The molecule has 0 spiro atoms. The molecule has 42 heavy (non-hydrogen) atoms. The second-order valence-electron chi connectivity index (χ2n) is 14.7. The van der Waals surface area contributed by atoms with Crippen LogP contribution in [0.1, 0.15) is 87.0 Å². The number of hydrogen-bond donors (Lipinski definition) is 4. The molecule has 4 N–H and O–H groups in total. The van der Waals surface area contributed by atoms with E-state index in [1.807, 2.05) is 13.8 Å². The highest BCUT2D eigenvalue weighted by atomic mass is 16.7. The number of aliphatic hydroxyl groups excluding tert-OH is 2. The Kier molecular flexibility index (Phi) is 8.66. The number of fused-ring (bicyclic) bond motifs is 3. The van der Waals surface area contributed by atoms with Gasteiger partial charge in [0.2, 0.25) is 5.79 Å². The largest absolute Gasteiger partial charge is 0.469 e. The quantitative estimate of drug-likeness (QED) is 0.257. The smallest absolute Gasteiger partial charge is 0.308 e. The fraction of sp³-hybridized carbons (Fsp3) is 0.818. The van der Waals surface area contributed by atoms with E-state index in [4.69, 9.17) is 14.2 Å². The fourth-order valence-corrected chi connectivity index (χ4v) is 9.74. The predicted octanol–water partition coefficient (Wildman–Crippen LogP) is 3.67. The number of ether oxygens (including phenoxy) is 3. The lowest BCUT2D eigenvalue weighted by Gasteiger charge is -2.65. The molecule has 4 rings (SSSR count). The third kappa shape index (κ3) is 4.87. The summed E-state index contributed by atoms with van der Waals surface area (Å²) in [4.78, 5) is 24.3. The van der Waals surface area contributed by atoms with Gasteiger partial charge in [-0.15, -0.1) is 0 Å². The van der Waals surface area contributed by atoms with Crippen molar-refractivity contribution in [2.24, 2.45) is 39.9 Å². The maximum absolute atomic E-state index is 12.3. The summed E-state index contributed by atoms with van der Waals surface area (Å²) in [5.74, 6) is -3.35. The zero-order valence-electron chi connectivity index (χ0n) is 26.6. The number of aliphatic hydroxyl groups is 4. The molecule has 238 valence electrons. The van der Waals surface area contributed by atoms with Crippen LogP contribution in [0.3, 0.4) is 0 Å². The Morgan fingerprint density at radius 2 is 1.86 bits per heavy atom. The van der Waals surface area contributed by atoms with Crippen molar-refractivity contribution in [1.29, 1.82) is 0 Å². The molecule has 4 aliphatic rings. The number of esters is 2. The van der Waals surface area contributed by atoms with Crippen LogP contribution < -0.4 is 0 Å². The van der Waals surface area contributed by atoms with Crippen LogP contribution in [0.2, 0.25) is 0 Å². The summed E-state index contributed by atoms with van der Waals surface area (Å²) in [7, 11) is 1.32. The van der Waals surface area contributed by atoms with Crippen LogP contribution in [0.25, 0.3) is 0 Å². The van der Waals surface area contributed by atoms with Gasteiger partial charge in [-0.1, -0.05) is 44.6 Å². The van der Waals surface area contributed by atoms with Crippen molar-refractivity contribution in [2.45, 2.75) is 117 Å². The summed E-state index contributed by atoms with van der Waals surface area (Å²) in [6.07, 6.45) is 2.44. The number of carbonyl (C=O) groups is 2. The van der Waals surface area contributed by atoms with E-state index in [-0.39, 0.29) is 42.1 Å². The highest BCUT2D eigenvalue weighted by Crippen LogP contribution is 2.71. The average Bonchev–Trinajstić information content (AvgIpc) is 3.24. The number of allylic oxidation sites excluding steroid dienone is 2. The highest BCUT2D eigenvalue weighted by Gasteiger charge is 2.68. The molecule has 3 aliphatic carbocycles. The van der Waals surface area contributed by atoms with E-state index in [0.29, 0.717) is 12.8 Å². The summed E-state index contributed by atoms with van der Waals surface area (Å²) < 4.78 is 16.4. The first-order valence-corrected chi connectivity index (χ1v) is 15.3. The van der Waals surface area contributed by atoms with E-state index in [2.05, 4.69) is 26.5 Å². The molecule has 0 aromatic heterocycles. The monoisotopic (exact) mass is 592 g/mol. The van der Waals surface area contributed by atoms with Crippen LogP contribution in [0.15, 0.2) is 23.8 Å². The summed E-state index contributed by atoms with van der Waals surface area (Å²) in [6, 6.07) is 0. The molecular formula is C33H52O9. The van der Waals surface area contributed by atoms with Crippen LogP contribution >= 0.6 is 0 Å². The number of hydrogen-bond acceptors (Lipinski definition) is 9. The molecule has 0 amide bonds. The molecule has 0 aromatic rings. The standard InChI is InChI=1S/C33H52O9/c1-18(2)22-15-25(35)32(8)23-11-10-21(20-14-27(42-19(3)34)33(39,41-17-20)29(4,5)38)30(23,6)13-12-24(32)31(22,7)26(36)16-28(37)40-9/h11,20-22,24-27,35-36,38-39H,1,10,12-17H2,2-9H3/t20-,21-,22-,24+,25+,26-,27+,30-,31-,32-,33?/m0/s1. The Bertz CT molecular complexity index is 1130. The van der Waals surface area contributed by atoms with Gasteiger partial charge in [-0.05, 0) is 82.0 Å². The van der Waals surface area contributed by atoms with Crippen LogP contribution in [-0.4, -0.2) is 75.8 Å². The Balaban J connectivity index is 1.68. The van der Waals surface area contributed by atoms with Crippen LogP contribution in [-0.2, 0) is 23.8 Å². The number of methoxy groups -OCH3 is 1. The summed E-state index contributed by atoms with van der Waals surface area (Å²) >= 11 is 0. The van der Waals surface area contributed by atoms with E-state index in [1.54, 1.807) is 0 Å². The van der Waals surface area contributed by atoms with Gasteiger partial charge in [-0.3, -0.25) is 9.59 Å². The SMILES string of the molecule is C=C(C)[C@@H]1C[C@@H](O)[C@@]2(C)C3=CC[C@@H]([C@@H]4COC(O)(C(C)(C)O)[C@H](OC(C)=O)C4)[C@]3(C)CC[C@@H]2[C@@]1(C)[C@@H](O)CC(=O)OC. The van der Waals surface area contributed by atoms with E-state index >= 15 is 0 Å². The van der Waals surface area contributed by atoms with Gasteiger partial charge in [0.1, 0.15) is 5.60 Å². The van der Waals surface area contributed by atoms with Crippen molar-refractivity contribution >= 4 is 11.9 Å². The fourth-order valence-electron chi connectivity index (χ4n) is 9.74. The van der Waals surface area contributed by atoms with E-state index < -0.39 is 52.5 Å². The second kappa shape index (κ2) is 11.0. The minimum Gasteiger partial charge on any atom is -0.469 e. The molecular weight excluding hydrogens is 540 g/mol. The zero-order valence-corrected chi connectivity index (χ0v) is 26.6. The maximum Gasteiger partial charge on any atom is 0.308 e. The van der Waals surface area contributed by atoms with Crippen molar-refractivity contribution in [1.82, 2.24) is 0 Å². The molecule has 0 radical (unpaired) electrons. The third-order valence-electron chi connectivity index (χ3n) is 12.0. The average molecular weight is 593 g/mol. The second-order valence-corrected chi connectivity index (χ2v) is 14.7. The molecule has 1 heterocycles. The first-order valence-electron chi connectivity index (χ1n) is 15.3. The van der Waals surface area contributed by atoms with E-state index in [9.17, 15) is 30.0 Å². The van der Waals surface area contributed by atoms with Gasteiger partial charge in [-0.25, -0.2) is 0 Å². The van der Waals surface area contributed by atoms with Gasteiger partial charge in [0.25, 0.3) is 0 Å². The van der Waals surface area contributed by atoms with E-state index in [1.165, 1.54) is 27.9 Å². The van der Waals surface area contributed by atoms with Crippen molar-refractivity contribution in [3.8, 4) is 0 Å². The first-order chi connectivity index (χ1) is 19.3. The molecule has 0 aromatic carbocycles. The Labute approximate surface area is 250 Å². The van der Waals surface area contributed by atoms with E-state index in [0.717, 1.165) is 30.4 Å². The molecule has 11 atom stereocenters. The topological polar surface area (TPSA) is 143 Å².